The van der Waals surface area contributed by atoms with Crippen molar-refractivity contribution in [3.8, 4) is 0 Å². The Morgan fingerprint density at radius 1 is 1.20 bits per heavy atom. The Kier molecular flexibility index (Phi) is 66.0. The third-order valence-corrected chi connectivity index (χ3v) is 0. The normalized spacial score (nSPS) is 1.60. The van der Waals surface area contributed by atoms with Gasteiger partial charge in [0.05, 0.1) is 0 Å². The van der Waals surface area contributed by atoms with Crippen molar-refractivity contribution in [3.05, 3.63) is 0 Å². The van der Waals surface area contributed by atoms with Crippen LogP contribution < -0.4 is 0 Å². The molecule has 0 fully saturated rings. The first-order valence-corrected chi connectivity index (χ1v) is 1.22. The van der Waals surface area contributed by atoms with Crippen LogP contribution in [0.3, 0.4) is 0 Å². The van der Waals surface area contributed by atoms with Crippen LogP contribution in [0.15, 0.2) is 0 Å². The predicted octanol–water partition coefficient (Wildman–Crippen LogP) is -0.623. The van der Waals surface area contributed by atoms with Crippen LogP contribution in [0, 0.1) is 0 Å². The Balaban J connectivity index is -0.0000000200. The third kappa shape index (κ3) is 43.8. The fraction of sp³-hybridized carbons (Fsp3) is 0. The maximum Gasteiger partial charge on any atom is 0.549 e. The Morgan fingerprint density at radius 3 is 1.20 bits per heavy atom. The van der Waals surface area contributed by atoms with Gasteiger partial charge in [0, 0.05) is 38.1 Å². The van der Waals surface area contributed by atoms with Gasteiger partial charge in [-0.3, -0.25) is 8.92 Å². The molecule has 0 aromatic rings. The van der Waals surface area contributed by atoms with E-state index in [0.29, 0.717) is 0 Å². The van der Waals surface area contributed by atoms with E-state index in [4.69, 9.17) is 8.92 Å². The summed E-state index contributed by atoms with van der Waals surface area (Å²) in [4.78, 5) is 0. The van der Waals surface area contributed by atoms with Gasteiger partial charge in [-0.25, -0.2) is 0 Å². The van der Waals surface area contributed by atoms with E-state index in [1.807, 2.05) is 0 Å². The van der Waals surface area contributed by atoms with Gasteiger partial charge in [-0.2, -0.15) is 0 Å². The van der Waals surface area contributed by atoms with Crippen molar-refractivity contribution in [3.63, 3.8) is 0 Å². The van der Waals surface area contributed by atoms with Crippen LogP contribution in [0.25, 0.3) is 0 Å². The van der Waals surface area contributed by atoms with E-state index in [-0.39, 0.29) is 38.1 Å². The molecule has 0 heterocycles. The van der Waals surface area contributed by atoms with E-state index in [2.05, 4.69) is 0 Å². The molecule has 0 rings (SSSR count). The molecule has 33 valence electrons. The molecule has 0 atom stereocenters. The maximum atomic E-state index is 8.40. The van der Waals surface area contributed by atoms with E-state index in [1.165, 1.54) is 0 Å². The molecule has 0 bridgehead atoms. The smallest absolute Gasteiger partial charge is 0.274 e. The van der Waals surface area contributed by atoms with Crippen molar-refractivity contribution >= 4 is 9.29 Å². The van der Waals surface area contributed by atoms with Gasteiger partial charge in [0.1, 0.15) is 0 Å². The SMILES string of the molecule is O=[Si]=O.[Cu].[W]. The van der Waals surface area contributed by atoms with Crippen molar-refractivity contribution in [1.82, 2.24) is 0 Å². The quantitative estimate of drug-likeness (QED) is 0.559. The second-order valence-electron chi connectivity index (χ2n) is 0.0833. The summed E-state index contributed by atoms with van der Waals surface area (Å²) < 4.78 is 16.8. The molecular formula is CuO2SiW. The summed E-state index contributed by atoms with van der Waals surface area (Å²) in [5.74, 6) is 0. The molecule has 0 aromatic carbocycles. The molecule has 0 saturated heterocycles. The monoisotopic (exact) mass is 307 g/mol. The molecule has 2 nitrogen and oxygen atoms in total. The minimum atomic E-state index is -1.42. The predicted molar refractivity (Wildman–Crippen MR) is 7.13 cm³/mol. The van der Waals surface area contributed by atoms with Gasteiger partial charge in [-0.05, 0) is 0 Å². The molecular weight excluding hydrogens is 307 g/mol. The van der Waals surface area contributed by atoms with Crippen LogP contribution >= 0.6 is 0 Å². The molecule has 0 saturated carbocycles. The Hall–Kier alpha value is 1.02. The molecule has 0 aliphatic heterocycles. The molecule has 5 heavy (non-hydrogen) atoms. The zero-order valence-corrected chi connectivity index (χ0v) is 6.90. The average molecular weight is 307 g/mol. The third-order valence-electron chi connectivity index (χ3n) is 0. The van der Waals surface area contributed by atoms with E-state index in [0.717, 1.165) is 0 Å². The van der Waals surface area contributed by atoms with Crippen LogP contribution in [0.1, 0.15) is 0 Å². The summed E-state index contributed by atoms with van der Waals surface area (Å²) in [6.45, 7) is 0. The van der Waals surface area contributed by atoms with Crippen molar-refractivity contribution in [2.75, 3.05) is 0 Å². The van der Waals surface area contributed by atoms with Crippen LogP contribution in [0.5, 0.6) is 0 Å². The van der Waals surface area contributed by atoms with Gasteiger partial charge in [0.25, 0.3) is 0 Å². The minimum Gasteiger partial charge on any atom is -0.274 e. The molecule has 0 aromatic heterocycles. The summed E-state index contributed by atoms with van der Waals surface area (Å²) in [5, 5.41) is 0. The molecule has 1 radical (unpaired) electrons. The topological polar surface area (TPSA) is 34.1 Å². The number of rotatable bonds is 0. The minimum absolute atomic E-state index is 0. The fourth-order valence-corrected chi connectivity index (χ4v) is 0. The molecule has 5 heteroatoms. The first kappa shape index (κ1) is 16.6. The standard InChI is InChI=1S/Cu.O2Si.W/c;1-3-2;. The van der Waals surface area contributed by atoms with Crippen LogP contribution in [0.4, 0.5) is 0 Å². The molecule has 0 N–H and O–H groups in total. The van der Waals surface area contributed by atoms with Gasteiger partial charge in [0.2, 0.25) is 0 Å². The molecule has 0 aliphatic carbocycles. The second kappa shape index (κ2) is 19.9. The van der Waals surface area contributed by atoms with Crippen molar-refractivity contribution in [1.29, 1.82) is 0 Å². The van der Waals surface area contributed by atoms with Crippen LogP contribution in [0.2, 0.25) is 0 Å². The summed E-state index contributed by atoms with van der Waals surface area (Å²) in [5.41, 5.74) is 0. The Bertz CT molecular complexity index is 30.6. The van der Waals surface area contributed by atoms with E-state index in [1.54, 1.807) is 0 Å². The first-order valence-electron chi connectivity index (χ1n) is 0.408. The zero-order valence-electron chi connectivity index (χ0n) is 2.03. The number of hydrogen-bond acceptors (Lipinski definition) is 2. The molecule has 0 unspecified atom stereocenters. The Morgan fingerprint density at radius 2 is 1.20 bits per heavy atom. The van der Waals surface area contributed by atoms with Gasteiger partial charge >= 0.3 is 9.29 Å². The number of hydrogen-bond donors (Lipinski definition) is 0. The van der Waals surface area contributed by atoms with E-state index in [9.17, 15) is 0 Å². The average Bonchev–Trinajstić information content (AvgIpc) is 0.918. The summed E-state index contributed by atoms with van der Waals surface area (Å²) in [7, 11) is -1.42. The van der Waals surface area contributed by atoms with Crippen molar-refractivity contribution in [2.24, 2.45) is 0 Å². The van der Waals surface area contributed by atoms with Gasteiger partial charge in [0.15, 0.2) is 0 Å². The van der Waals surface area contributed by atoms with Crippen LogP contribution in [-0.4, -0.2) is 9.29 Å². The molecule has 0 amide bonds. The van der Waals surface area contributed by atoms with E-state index < -0.39 is 9.29 Å². The van der Waals surface area contributed by atoms with E-state index >= 15 is 0 Å². The van der Waals surface area contributed by atoms with Gasteiger partial charge in [-0.1, -0.05) is 0 Å². The summed E-state index contributed by atoms with van der Waals surface area (Å²) in [6, 6.07) is 0. The second-order valence-corrected chi connectivity index (χ2v) is 0.250. The van der Waals surface area contributed by atoms with Crippen molar-refractivity contribution in [2.45, 2.75) is 0 Å². The zero-order chi connectivity index (χ0) is 2.71. The van der Waals surface area contributed by atoms with Crippen molar-refractivity contribution < 1.29 is 47.1 Å². The maximum absolute atomic E-state index is 8.40. The molecule has 0 spiro atoms. The first-order chi connectivity index (χ1) is 1.41. The fourth-order valence-electron chi connectivity index (χ4n) is 0. The van der Waals surface area contributed by atoms with Crippen LogP contribution in [-0.2, 0) is 47.1 Å². The van der Waals surface area contributed by atoms with Gasteiger partial charge in [-0.15, -0.1) is 0 Å². The largest absolute Gasteiger partial charge is 0.549 e. The van der Waals surface area contributed by atoms with Gasteiger partial charge < -0.3 is 0 Å². The summed E-state index contributed by atoms with van der Waals surface area (Å²) >= 11 is 0. The summed E-state index contributed by atoms with van der Waals surface area (Å²) in [6.07, 6.45) is 0. The molecule has 0 aliphatic rings. The Labute approximate surface area is 56.4 Å².